The van der Waals surface area contributed by atoms with Gasteiger partial charge in [0, 0.05) is 20.8 Å². The van der Waals surface area contributed by atoms with Gasteiger partial charge < -0.3 is 13.8 Å². The van der Waals surface area contributed by atoms with Gasteiger partial charge in [0.1, 0.15) is 0 Å². The van der Waals surface area contributed by atoms with Gasteiger partial charge in [0.25, 0.3) is 0 Å². The summed E-state index contributed by atoms with van der Waals surface area (Å²) in [5.41, 5.74) is 0.970. The zero-order valence-corrected chi connectivity index (χ0v) is 12.1. The monoisotopic (exact) mass is 272 g/mol. The van der Waals surface area contributed by atoms with E-state index in [1.807, 2.05) is 12.1 Å². The molecule has 0 aliphatic rings. The van der Waals surface area contributed by atoms with E-state index in [1.54, 1.807) is 12.1 Å². The summed E-state index contributed by atoms with van der Waals surface area (Å²) in [6.07, 6.45) is 2.16. The number of benzene rings is 1. The summed E-state index contributed by atoms with van der Waals surface area (Å²) in [6, 6.07) is 7.31. The van der Waals surface area contributed by atoms with Crippen molar-refractivity contribution < 1.29 is 18.3 Å². The lowest BCUT2D eigenvalue weighted by molar-refractivity contribution is 0.118. The normalized spacial score (nSPS) is 11.7. The van der Waals surface area contributed by atoms with E-state index >= 15 is 0 Å². The molecular formula is C13H21O4P. The lowest BCUT2D eigenvalue weighted by Crippen LogP contribution is -2.09. The molecule has 0 spiro atoms. The van der Waals surface area contributed by atoms with Crippen molar-refractivity contribution >= 4 is 12.9 Å². The van der Waals surface area contributed by atoms with Gasteiger partial charge in [0.05, 0.1) is 11.9 Å². The number of rotatable bonds is 8. The molecular weight excluding hydrogens is 251 g/mol. The van der Waals surface area contributed by atoms with Crippen LogP contribution in [0.1, 0.15) is 25.3 Å². The minimum Gasteiger partial charge on any atom is -0.377 e. The van der Waals surface area contributed by atoms with E-state index in [0.717, 1.165) is 25.0 Å². The van der Waals surface area contributed by atoms with Crippen molar-refractivity contribution in [1.29, 1.82) is 0 Å². The van der Waals surface area contributed by atoms with Crippen LogP contribution in [0.4, 0.5) is 0 Å². The molecule has 0 aliphatic carbocycles. The summed E-state index contributed by atoms with van der Waals surface area (Å²) in [5, 5.41) is 0.559. The molecule has 18 heavy (non-hydrogen) atoms. The lowest BCUT2D eigenvalue weighted by Gasteiger charge is -2.14. The fourth-order valence-electron chi connectivity index (χ4n) is 1.54. The van der Waals surface area contributed by atoms with Crippen LogP contribution in [0.25, 0.3) is 0 Å². The van der Waals surface area contributed by atoms with Crippen LogP contribution in [-0.2, 0) is 25.0 Å². The second kappa shape index (κ2) is 7.70. The molecule has 0 saturated carbocycles. The van der Waals surface area contributed by atoms with Gasteiger partial charge in [-0.15, -0.1) is 0 Å². The Bertz CT molecular complexity index is 398. The minimum atomic E-state index is -3.16. The molecule has 5 heteroatoms. The Morgan fingerprint density at radius 2 is 1.94 bits per heavy atom. The summed E-state index contributed by atoms with van der Waals surface area (Å²) in [7, 11) is -0.394. The molecule has 0 N–H and O–H groups in total. The van der Waals surface area contributed by atoms with Crippen LogP contribution in [0.15, 0.2) is 24.3 Å². The predicted molar refractivity (Wildman–Crippen MR) is 72.3 cm³/mol. The van der Waals surface area contributed by atoms with Crippen LogP contribution < -0.4 is 5.30 Å². The molecule has 0 aliphatic heterocycles. The lowest BCUT2D eigenvalue weighted by atomic mass is 10.2. The SMILES string of the molecule is CCCCOCc1cccc(P(=O)(OC)OC)c1. The Kier molecular flexibility index (Phi) is 6.58. The molecule has 0 unspecified atom stereocenters. The maximum Gasteiger partial charge on any atom is 0.360 e. The van der Waals surface area contributed by atoms with Gasteiger partial charge in [-0.3, -0.25) is 4.57 Å². The maximum atomic E-state index is 12.2. The van der Waals surface area contributed by atoms with Crippen LogP contribution in [-0.4, -0.2) is 20.8 Å². The third-order valence-corrected chi connectivity index (χ3v) is 4.49. The fourth-order valence-corrected chi connectivity index (χ4v) is 2.70. The van der Waals surface area contributed by atoms with Gasteiger partial charge in [-0.05, 0) is 24.1 Å². The van der Waals surface area contributed by atoms with Crippen molar-refractivity contribution in [3.63, 3.8) is 0 Å². The molecule has 0 bridgehead atoms. The van der Waals surface area contributed by atoms with Gasteiger partial charge in [0.2, 0.25) is 0 Å². The first-order valence-corrected chi connectivity index (χ1v) is 7.59. The van der Waals surface area contributed by atoms with Gasteiger partial charge in [-0.1, -0.05) is 25.5 Å². The standard InChI is InChI=1S/C13H21O4P/c1-4-5-9-17-11-12-7-6-8-13(10-12)18(14,15-2)16-3/h6-8,10H,4-5,9,11H2,1-3H3. The average molecular weight is 272 g/mol. The topological polar surface area (TPSA) is 44.8 Å². The Morgan fingerprint density at radius 3 is 2.56 bits per heavy atom. The Morgan fingerprint density at radius 1 is 1.22 bits per heavy atom. The minimum absolute atomic E-state index is 0.515. The second-order valence-electron chi connectivity index (χ2n) is 3.94. The van der Waals surface area contributed by atoms with E-state index < -0.39 is 7.60 Å². The summed E-state index contributed by atoms with van der Waals surface area (Å²) in [6.45, 7) is 3.38. The molecule has 1 aromatic rings. The van der Waals surface area contributed by atoms with Crippen molar-refractivity contribution in [1.82, 2.24) is 0 Å². The molecule has 0 radical (unpaired) electrons. The Hall–Kier alpha value is -0.670. The number of hydrogen-bond donors (Lipinski definition) is 0. The zero-order chi connectivity index (χ0) is 13.4. The van der Waals surface area contributed by atoms with E-state index in [4.69, 9.17) is 13.8 Å². The van der Waals surface area contributed by atoms with Gasteiger partial charge >= 0.3 is 7.60 Å². The van der Waals surface area contributed by atoms with Gasteiger partial charge in [-0.25, -0.2) is 0 Å². The third kappa shape index (κ3) is 4.21. The van der Waals surface area contributed by atoms with Crippen LogP contribution in [0.3, 0.4) is 0 Å². The smallest absolute Gasteiger partial charge is 0.360 e. The van der Waals surface area contributed by atoms with Crippen LogP contribution in [0.5, 0.6) is 0 Å². The molecule has 0 heterocycles. The molecule has 102 valence electrons. The zero-order valence-electron chi connectivity index (χ0n) is 11.2. The quantitative estimate of drug-likeness (QED) is 0.539. The van der Waals surface area contributed by atoms with Crippen molar-refractivity contribution in [2.75, 3.05) is 20.8 Å². The van der Waals surface area contributed by atoms with Crippen LogP contribution in [0.2, 0.25) is 0 Å². The van der Waals surface area contributed by atoms with Crippen molar-refractivity contribution in [3.8, 4) is 0 Å². The van der Waals surface area contributed by atoms with Gasteiger partial charge in [-0.2, -0.15) is 0 Å². The van der Waals surface area contributed by atoms with Crippen molar-refractivity contribution in [2.24, 2.45) is 0 Å². The van der Waals surface area contributed by atoms with E-state index in [0.29, 0.717) is 11.9 Å². The largest absolute Gasteiger partial charge is 0.377 e. The van der Waals surface area contributed by atoms with Gasteiger partial charge in [0.15, 0.2) is 0 Å². The first-order chi connectivity index (χ1) is 8.66. The first kappa shape index (κ1) is 15.4. The molecule has 0 atom stereocenters. The Labute approximate surface area is 109 Å². The molecule has 4 nitrogen and oxygen atoms in total. The second-order valence-corrected chi connectivity index (χ2v) is 6.18. The highest BCUT2D eigenvalue weighted by molar-refractivity contribution is 7.62. The average Bonchev–Trinajstić information content (AvgIpc) is 2.43. The summed E-state index contributed by atoms with van der Waals surface area (Å²) in [4.78, 5) is 0. The molecule has 1 aromatic carbocycles. The van der Waals surface area contributed by atoms with E-state index in [9.17, 15) is 4.57 Å². The Balaban J connectivity index is 2.70. The summed E-state index contributed by atoms with van der Waals surface area (Å²) in [5.74, 6) is 0. The van der Waals surface area contributed by atoms with Crippen LogP contribution in [0, 0.1) is 0 Å². The van der Waals surface area contributed by atoms with E-state index in [1.165, 1.54) is 14.2 Å². The molecule has 0 aromatic heterocycles. The highest BCUT2D eigenvalue weighted by atomic mass is 31.2. The summed E-state index contributed by atoms with van der Waals surface area (Å²) < 4.78 is 27.6. The summed E-state index contributed by atoms with van der Waals surface area (Å²) >= 11 is 0. The number of ether oxygens (including phenoxy) is 1. The maximum absolute atomic E-state index is 12.2. The molecule has 1 rings (SSSR count). The van der Waals surface area contributed by atoms with Crippen molar-refractivity contribution in [3.05, 3.63) is 29.8 Å². The molecule has 0 fully saturated rings. The van der Waals surface area contributed by atoms with Crippen LogP contribution >= 0.6 is 7.60 Å². The predicted octanol–water partition coefficient (Wildman–Crippen LogP) is 3.11. The third-order valence-electron chi connectivity index (χ3n) is 2.62. The first-order valence-electron chi connectivity index (χ1n) is 6.05. The number of hydrogen-bond acceptors (Lipinski definition) is 4. The molecule has 0 amide bonds. The number of unbranched alkanes of at least 4 members (excludes halogenated alkanes) is 1. The van der Waals surface area contributed by atoms with E-state index in [2.05, 4.69) is 6.92 Å². The molecule has 0 saturated heterocycles. The fraction of sp³-hybridized carbons (Fsp3) is 0.538. The highest BCUT2D eigenvalue weighted by Gasteiger charge is 2.24. The van der Waals surface area contributed by atoms with E-state index in [-0.39, 0.29) is 0 Å². The highest BCUT2D eigenvalue weighted by Crippen LogP contribution is 2.44. The van der Waals surface area contributed by atoms with Crippen molar-refractivity contribution in [2.45, 2.75) is 26.4 Å².